The molecule has 1 heterocycles. The molecule has 0 radical (unpaired) electrons. The molecule has 2 aromatic carbocycles. The van der Waals surface area contributed by atoms with Gasteiger partial charge in [0.25, 0.3) is 11.7 Å². The summed E-state index contributed by atoms with van der Waals surface area (Å²) in [7, 11) is 1.56. The van der Waals surface area contributed by atoms with Gasteiger partial charge >= 0.3 is 0 Å². The SMILES string of the molecule is CCOc1ccc(/C(O)=C2/C(=O)C(=O)N(CCCOC)C2c2ccc(F)cc2)cc1C(C)(C)C. The zero-order chi connectivity index (χ0) is 25.0. The number of amides is 1. The molecule has 6 nitrogen and oxygen atoms in total. The van der Waals surface area contributed by atoms with Gasteiger partial charge in [0.15, 0.2) is 0 Å². The van der Waals surface area contributed by atoms with Gasteiger partial charge in [0.2, 0.25) is 0 Å². The molecule has 2 aromatic rings. The van der Waals surface area contributed by atoms with Gasteiger partial charge in [-0.05, 0) is 54.7 Å². The maximum absolute atomic E-state index is 13.6. The number of rotatable bonds is 8. The quantitative estimate of drug-likeness (QED) is 0.255. The highest BCUT2D eigenvalue weighted by Gasteiger charge is 2.45. The van der Waals surface area contributed by atoms with E-state index >= 15 is 0 Å². The van der Waals surface area contributed by atoms with Crippen molar-refractivity contribution in [3.05, 3.63) is 70.5 Å². The van der Waals surface area contributed by atoms with Gasteiger partial charge in [-0.15, -0.1) is 0 Å². The fraction of sp³-hybridized carbons (Fsp3) is 0.407. The molecule has 1 aliphatic rings. The number of Topliss-reactive ketones (excluding diaryl/α,β-unsaturated/α-hetero) is 1. The molecule has 1 fully saturated rings. The van der Waals surface area contributed by atoms with Crippen molar-refractivity contribution in [1.29, 1.82) is 0 Å². The molecule has 1 atom stereocenters. The van der Waals surface area contributed by atoms with Crippen molar-refractivity contribution in [3.8, 4) is 5.75 Å². The molecule has 3 rings (SSSR count). The van der Waals surface area contributed by atoms with Gasteiger partial charge < -0.3 is 19.5 Å². The third-order valence-corrected chi connectivity index (χ3v) is 5.83. The van der Waals surface area contributed by atoms with Crippen molar-refractivity contribution in [3.63, 3.8) is 0 Å². The lowest BCUT2D eigenvalue weighted by Gasteiger charge is -2.26. The van der Waals surface area contributed by atoms with Crippen LogP contribution in [-0.2, 0) is 19.7 Å². The predicted octanol–water partition coefficient (Wildman–Crippen LogP) is 4.98. The van der Waals surface area contributed by atoms with E-state index in [-0.39, 0.29) is 23.3 Å². The summed E-state index contributed by atoms with van der Waals surface area (Å²) < 4.78 is 24.5. The number of hydrogen-bond acceptors (Lipinski definition) is 5. The monoisotopic (exact) mass is 469 g/mol. The highest BCUT2D eigenvalue weighted by Crippen LogP contribution is 2.41. The molecule has 0 spiro atoms. The fourth-order valence-corrected chi connectivity index (χ4v) is 4.18. The number of likely N-dealkylation sites (tertiary alicyclic amines) is 1. The van der Waals surface area contributed by atoms with Crippen molar-refractivity contribution in [2.45, 2.75) is 45.6 Å². The van der Waals surface area contributed by atoms with E-state index in [1.54, 1.807) is 25.3 Å². The Morgan fingerprint density at radius 2 is 1.79 bits per heavy atom. The maximum atomic E-state index is 13.6. The molecule has 1 saturated heterocycles. The number of aliphatic hydroxyl groups is 1. The van der Waals surface area contributed by atoms with E-state index in [0.29, 0.717) is 36.5 Å². The summed E-state index contributed by atoms with van der Waals surface area (Å²) in [5.74, 6) is -1.47. The molecular weight excluding hydrogens is 437 g/mol. The van der Waals surface area contributed by atoms with Crippen molar-refractivity contribution in [2.24, 2.45) is 0 Å². The number of hydrogen-bond donors (Lipinski definition) is 1. The largest absolute Gasteiger partial charge is 0.507 e. The third-order valence-electron chi connectivity index (χ3n) is 5.83. The van der Waals surface area contributed by atoms with E-state index in [2.05, 4.69) is 0 Å². The summed E-state index contributed by atoms with van der Waals surface area (Å²) in [6, 6.07) is 10.0. The molecule has 7 heteroatoms. The van der Waals surface area contributed by atoms with Gasteiger partial charge in [-0.2, -0.15) is 0 Å². The Morgan fingerprint density at radius 3 is 2.38 bits per heavy atom. The summed E-state index contributed by atoms with van der Waals surface area (Å²) >= 11 is 0. The zero-order valence-corrected chi connectivity index (χ0v) is 20.4. The molecule has 1 unspecified atom stereocenters. The molecule has 0 aromatic heterocycles. The average molecular weight is 470 g/mol. The molecular formula is C27H32FNO5. The van der Waals surface area contributed by atoms with Crippen LogP contribution < -0.4 is 4.74 Å². The second-order valence-corrected chi connectivity index (χ2v) is 9.28. The first-order valence-electron chi connectivity index (χ1n) is 11.4. The van der Waals surface area contributed by atoms with Crippen molar-refractivity contribution in [2.75, 3.05) is 26.9 Å². The summed E-state index contributed by atoms with van der Waals surface area (Å²) in [5, 5.41) is 11.3. The Hall–Kier alpha value is -3.19. The number of nitrogens with zero attached hydrogens (tertiary/aromatic N) is 1. The summed E-state index contributed by atoms with van der Waals surface area (Å²) in [6.07, 6.45) is 0.512. The number of carbonyl (C=O) groups excluding carboxylic acids is 2. The normalized spacial score (nSPS) is 17.9. The standard InChI is InChI=1S/C27H32FNO5/c1-6-34-21-13-10-18(16-20(21)27(2,3)4)24(30)22-23(17-8-11-19(28)12-9-17)29(14-7-15-33-5)26(32)25(22)31/h8-13,16,23,30H,6-7,14-15H2,1-5H3/b24-22-. The van der Waals surface area contributed by atoms with Gasteiger partial charge in [-0.1, -0.05) is 32.9 Å². The number of ether oxygens (including phenoxy) is 2. The Balaban J connectivity index is 2.17. The Bertz CT molecular complexity index is 1090. The van der Waals surface area contributed by atoms with E-state index in [9.17, 15) is 19.1 Å². The van der Waals surface area contributed by atoms with Crippen LogP contribution in [0.3, 0.4) is 0 Å². The number of halogens is 1. The van der Waals surface area contributed by atoms with Crippen LogP contribution in [0.5, 0.6) is 5.75 Å². The van der Waals surface area contributed by atoms with Gasteiger partial charge in [0.1, 0.15) is 17.3 Å². The van der Waals surface area contributed by atoms with Crippen LogP contribution in [0.25, 0.3) is 5.76 Å². The van der Waals surface area contributed by atoms with Crippen molar-refractivity contribution >= 4 is 17.4 Å². The van der Waals surface area contributed by atoms with Crippen LogP contribution in [0, 0.1) is 5.82 Å². The average Bonchev–Trinajstić information content (AvgIpc) is 3.04. The maximum Gasteiger partial charge on any atom is 0.295 e. The number of benzene rings is 2. The van der Waals surface area contributed by atoms with Crippen LogP contribution in [0.4, 0.5) is 4.39 Å². The summed E-state index contributed by atoms with van der Waals surface area (Å²) in [6.45, 7) is 9.14. The summed E-state index contributed by atoms with van der Waals surface area (Å²) in [5.41, 5.74) is 1.52. The van der Waals surface area contributed by atoms with Crippen molar-refractivity contribution < 1.29 is 28.6 Å². The molecule has 1 N–H and O–H groups in total. The van der Waals surface area contributed by atoms with Crippen LogP contribution >= 0.6 is 0 Å². The van der Waals surface area contributed by atoms with E-state index in [1.807, 2.05) is 27.7 Å². The highest BCUT2D eigenvalue weighted by molar-refractivity contribution is 6.46. The lowest BCUT2D eigenvalue weighted by Crippen LogP contribution is -2.31. The van der Waals surface area contributed by atoms with Crippen LogP contribution in [0.15, 0.2) is 48.0 Å². The zero-order valence-electron chi connectivity index (χ0n) is 20.4. The molecule has 1 amide bonds. The molecule has 0 aliphatic carbocycles. The molecule has 0 bridgehead atoms. The first-order valence-corrected chi connectivity index (χ1v) is 11.4. The number of methoxy groups -OCH3 is 1. The Labute approximate surface area is 200 Å². The van der Waals surface area contributed by atoms with Crippen LogP contribution in [0.2, 0.25) is 0 Å². The predicted molar refractivity (Wildman–Crippen MR) is 128 cm³/mol. The highest BCUT2D eigenvalue weighted by atomic mass is 19.1. The van der Waals surface area contributed by atoms with Gasteiger partial charge in [0.05, 0.1) is 18.2 Å². The van der Waals surface area contributed by atoms with E-state index < -0.39 is 23.5 Å². The van der Waals surface area contributed by atoms with Crippen LogP contribution in [-0.4, -0.2) is 48.6 Å². The lowest BCUT2D eigenvalue weighted by atomic mass is 9.84. The number of ketones is 1. The first-order chi connectivity index (χ1) is 16.1. The van der Waals surface area contributed by atoms with Gasteiger partial charge in [-0.3, -0.25) is 9.59 Å². The molecule has 1 aliphatic heterocycles. The second kappa shape index (κ2) is 10.4. The summed E-state index contributed by atoms with van der Waals surface area (Å²) in [4.78, 5) is 27.5. The van der Waals surface area contributed by atoms with Gasteiger partial charge in [-0.25, -0.2) is 4.39 Å². The topological polar surface area (TPSA) is 76.1 Å². The molecule has 0 saturated carbocycles. The minimum Gasteiger partial charge on any atom is -0.507 e. The number of carbonyl (C=O) groups is 2. The van der Waals surface area contributed by atoms with E-state index in [0.717, 1.165) is 5.56 Å². The Morgan fingerprint density at radius 1 is 1.12 bits per heavy atom. The van der Waals surface area contributed by atoms with E-state index in [1.165, 1.54) is 29.2 Å². The lowest BCUT2D eigenvalue weighted by molar-refractivity contribution is -0.140. The smallest absolute Gasteiger partial charge is 0.295 e. The molecule has 34 heavy (non-hydrogen) atoms. The third kappa shape index (κ3) is 5.14. The van der Waals surface area contributed by atoms with Gasteiger partial charge in [0, 0.05) is 31.4 Å². The fourth-order valence-electron chi connectivity index (χ4n) is 4.18. The minimum atomic E-state index is -0.831. The van der Waals surface area contributed by atoms with E-state index in [4.69, 9.17) is 9.47 Å². The molecule has 182 valence electrons. The first kappa shape index (κ1) is 25.4. The van der Waals surface area contributed by atoms with Crippen LogP contribution in [0.1, 0.15) is 56.8 Å². The second-order valence-electron chi connectivity index (χ2n) is 9.28. The minimum absolute atomic E-state index is 0.0157. The Kier molecular flexibility index (Phi) is 7.77. The van der Waals surface area contributed by atoms with Crippen molar-refractivity contribution in [1.82, 2.24) is 4.90 Å². The number of aliphatic hydroxyl groups excluding tert-OH is 1.